The molecule has 2 fully saturated rings. The number of hydrogen-bond acceptors (Lipinski definition) is 4. The Morgan fingerprint density at radius 1 is 1.42 bits per heavy atom. The van der Waals surface area contributed by atoms with Crippen LogP contribution in [0.25, 0.3) is 0 Å². The summed E-state index contributed by atoms with van der Waals surface area (Å²) in [5.74, 6) is -0.532. The van der Waals surface area contributed by atoms with Crippen molar-refractivity contribution in [3.8, 4) is 0 Å². The van der Waals surface area contributed by atoms with Gasteiger partial charge in [0, 0.05) is 6.42 Å². The second-order valence-electron chi connectivity index (χ2n) is 3.72. The van der Waals surface area contributed by atoms with Crippen LogP contribution in [0.5, 0.6) is 0 Å². The summed E-state index contributed by atoms with van der Waals surface area (Å²) in [4.78, 5) is 0. The number of ether oxygens (including phenoxy) is 3. The SMILES string of the molecule is CC1(C)O[C@@H]2O[C@H](CO)C[C@@H]2O1. The molecule has 0 aromatic carbocycles. The molecule has 0 radical (unpaired) electrons. The van der Waals surface area contributed by atoms with Crippen LogP contribution >= 0.6 is 0 Å². The van der Waals surface area contributed by atoms with E-state index in [4.69, 9.17) is 19.3 Å². The Labute approximate surface area is 71.4 Å². The highest BCUT2D eigenvalue weighted by Crippen LogP contribution is 2.36. The summed E-state index contributed by atoms with van der Waals surface area (Å²) in [6.07, 6.45) is 0.329. The first-order valence-corrected chi connectivity index (χ1v) is 4.23. The van der Waals surface area contributed by atoms with Gasteiger partial charge in [-0.2, -0.15) is 0 Å². The molecule has 0 aromatic rings. The minimum Gasteiger partial charge on any atom is -0.394 e. The van der Waals surface area contributed by atoms with Crippen LogP contribution in [-0.4, -0.2) is 36.0 Å². The molecule has 2 saturated heterocycles. The van der Waals surface area contributed by atoms with Crippen LogP contribution in [0.1, 0.15) is 20.3 Å². The lowest BCUT2D eigenvalue weighted by molar-refractivity contribution is -0.207. The average molecular weight is 174 g/mol. The smallest absolute Gasteiger partial charge is 0.187 e. The van der Waals surface area contributed by atoms with E-state index in [0.29, 0.717) is 0 Å². The Hall–Kier alpha value is -0.160. The van der Waals surface area contributed by atoms with Crippen molar-refractivity contribution in [3.63, 3.8) is 0 Å². The van der Waals surface area contributed by atoms with Crippen LogP contribution in [0.15, 0.2) is 0 Å². The predicted molar refractivity (Wildman–Crippen MR) is 40.4 cm³/mol. The van der Waals surface area contributed by atoms with Gasteiger partial charge >= 0.3 is 0 Å². The van der Waals surface area contributed by atoms with Crippen molar-refractivity contribution in [2.45, 2.75) is 44.6 Å². The molecule has 2 aliphatic rings. The molecule has 2 rings (SSSR count). The van der Waals surface area contributed by atoms with E-state index in [1.807, 2.05) is 13.8 Å². The number of aliphatic hydroxyl groups is 1. The summed E-state index contributed by atoms with van der Waals surface area (Å²) in [7, 11) is 0. The molecule has 3 atom stereocenters. The molecule has 0 bridgehead atoms. The summed E-state index contributed by atoms with van der Waals surface area (Å²) in [6.45, 7) is 3.77. The van der Waals surface area contributed by atoms with Crippen LogP contribution in [0.4, 0.5) is 0 Å². The van der Waals surface area contributed by atoms with Gasteiger partial charge in [0.2, 0.25) is 0 Å². The van der Waals surface area contributed by atoms with Gasteiger partial charge in [-0.25, -0.2) is 0 Å². The third kappa shape index (κ3) is 1.35. The van der Waals surface area contributed by atoms with E-state index in [1.54, 1.807) is 0 Å². The lowest BCUT2D eigenvalue weighted by Gasteiger charge is -2.19. The lowest BCUT2D eigenvalue weighted by atomic mass is 10.2. The molecule has 1 N–H and O–H groups in total. The van der Waals surface area contributed by atoms with E-state index in [-0.39, 0.29) is 25.1 Å². The molecular formula is C8H14O4. The van der Waals surface area contributed by atoms with E-state index >= 15 is 0 Å². The van der Waals surface area contributed by atoms with Gasteiger partial charge in [0.05, 0.1) is 12.7 Å². The van der Waals surface area contributed by atoms with Crippen molar-refractivity contribution >= 4 is 0 Å². The lowest BCUT2D eigenvalue weighted by Crippen LogP contribution is -2.25. The quantitative estimate of drug-likeness (QED) is 0.619. The van der Waals surface area contributed by atoms with E-state index in [2.05, 4.69) is 0 Å². The maximum atomic E-state index is 8.82. The van der Waals surface area contributed by atoms with Gasteiger partial charge in [0.25, 0.3) is 0 Å². The zero-order valence-electron chi connectivity index (χ0n) is 7.32. The molecule has 2 aliphatic heterocycles. The van der Waals surface area contributed by atoms with Gasteiger partial charge in [-0.1, -0.05) is 0 Å². The predicted octanol–water partition coefficient (Wildman–Crippen LogP) is 0.245. The first-order chi connectivity index (χ1) is 5.61. The molecular weight excluding hydrogens is 160 g/mol. The van der Waals surface area contributed by atoms with Crippen LogP contribution in [0, 0.1) is 0 Å². The third-order valence-electron chi connectivity index (χ3n) is 2.16. The molecule has 0 aliphatic carbocycles. The Kier molecular flexibility index (Phi) is 1.88. The standard InChI is InChI=1S/C8H14O4/c1-8(2)11-6-3-5(4-9)10-7(6)12-8/h5-7,9H,3-4H2,1-2H3/t5-,6-,7-/m0/s1. The van der Waals surface area contributed by atoms with Crippen LogP contribution < -0.4 is 0 Å². The van der Waals surface area contributed by atoms with Crippen LogP contribution in [-0.2, 0) is 14.2 Å². The summed E-state index contributed by atoms with van der Waals surface area (Å²) in [5.41, 5.74) is 0. The van der Waals surface area contributed by atoms with Crippen molar-refractivity contribution < 1.29 is 19.3 Å². The molecule has 4 heteroatoms. The number of aliphatic hydroxyl groups excluding tert-OH is 1. The summed E-state index contributed by atoms with van der Waals surface area (Å²) >= 11 is 0. The van der Waals surface area contributed by atoms with Crippen LogP contribution in [0.2, 0.25) is 0 Å². The first kappa shape index (κ1) is 8.44. The van der Waals surface area contributed by atoms with Crippen molar-refractivity contribution in [2.24, 2.45) is 0 Å². The van der Waals surface area contributed by atoms with Crippen molar-refractivity contribution in [2.75, 3.05) is 6.61 Å². The highest BCUT2D eigenvalue weighted by atomic mass is 16.8. The molecule has 12 heavy (non-hydrogen) atoms. The Morgan fingerprint density at radius 2 is 2.17 bits per heavy atom. The molecule has 0 saturated carbocycles. The summed E-state index contributed by atoms with van der Waals surface area (Å²) in [5, 5.41) is 8.82. The highest BCUT2D eigenvalue weighted by Gasteiger charge is 2.48. The minimum absolute atomic E-state index is 0.00264. The fourth-order valence-electron chi connectivity index (χ4n) is 1.70. The van der Waals surface area contributed by atoms with E-state index in [9.17, 15) is 0 Å². The normalized spacial score (nSPS) is 44.8. The number of hydrogen-bond donors (Lipinski definition) is 1. The average Bonchev–Trinajstić information content (AvgIpc) is 2.40. The maximum absolute atomic E-state index is 8.82. The Balaban J connectivity index is 1.97. The van der Waals surface area contributed by atoms with Gasteiger partial charge in [0.1, 0.15) is 6.10 Å². The van der Waals surface area contributed by atoms with Crippen molar-refractivity contribution in [1.29, 1.82) is 0 Å². The van der Waals surface area contributed by atoms with Crippen molar-refractivity contribution in [1.82, 2.24) is 0 Å². The minimum atomic E-state index is -0.532. The number of fused-ring (bicyclic) bond motifs is 1. The molecule has 70 valence electrons. The van der Waals surface area contributed by atoms with Crippen LogP contribution in [0.3, 0.4) is 0 Å². The van der Waals surface area contributed by atoms with Gasteiger partial charge in [-0.3, -0.25) is 0 Å². The topological polar surface area (TPSA) is 47.9 Å². The van der Waals surface area contributed by atoms with E-state index < -0.39 is 5.79 Å². The molecule has 2 heterocycles. The van der Waals surface area contributed by atoms with E-state index in [1.165, 1.54) is 0 Å². The second kappa shape index (κ2) is 2.67. The molecule has 0 spiro atoms. The number of rotatable bonds is 1. The summed E-state index contributed by atoms with van der Waals surface area (Å²) in [6, 6.07) is 0. The van der Waals surface area contributed by atoms with Gasteiger partial charge in [-0.15, -0.1) is 0 Å². The second-order valence-corrected chi connectivity index (χ2v) is 3.72. The third-order valence-corrected chi connectivity index (χ3v) is 2.16. The fourth-order valence-corrected chi connectivity index (χ4v) is 1.70. The molecule has 4 nitrogen and oxygen atoms in total. The zero-order chi connectivity index (χ0) is 8.77. The monoisotopic (exact) mass is 174 g/mol. The van der Waals surface area contributed by atoms with Gasteiger partial charge in [0.15, 0.2) is 12.1 Å². The van der Waals surface area contributed by atoms with Gasteiger partial charge < -0.3 is 19.3 Å². The molecule has 0 amide bonds. The Morgan fingerprint density at radius 3 is 2.75 bits per heavy atom. The first-order valence-electron chi connectivity index (χ1n) is 4.23. The molecule has 0 aromatic heterocycles. The van der Waals surface area contributed by atoms with Crippen molar-refractivity contribution in [3.05, 3.63) is 0 Å². The largest absolute Gasteiger partial charge is 0.394 e. The fraction of sp³-hybridized carbons (Fsp3) is 1.00. The van der Waals surface area contributed by atoms with E-state index in [0.717, 1.165) is 6.42 Å². The molecule has 0 unspecified atom stereocenters. The summed E-state index contributed by atoms with van der Waals surface area (Å²) < 4.78 is 16.4. The zero-order valence-corrected chi connectivity index (χ0v) is 7.32. The Bertz CT molecular complexity index is 164. The highest BCUT2D eigenvalue weighted by molar-refractivity contribution is 4.84. The maximum Gasteiger partial charge on any atom is 0.187 e. The van der Waals surface area contributed by atoms with Gasteiger partial charge in [-0.05, 0) is 13.8 Å².